The Hall–Kier alpha value is -1.65. The highest BCUT2D eigenvalue weighted by atomic mass is 32.2. The van der Waals surface area contributed by atoms with Crippen LogP contribution in [0.25, 0.3) is 0 Å². The molecule has 1 aromatic rings. The minimum atomic E-state index is -4.61. The fourth-order valence-corrected chi connectivity index (χ4v) is 6.12. The van der Waals surface area contributed by atoms with Gasteiger partial charge in [-0.25, -0.2) is 8.42 Å². The highest BCUT2D eigenvalue weighted by Gasteiger charge is 2.48. The van der Waals surface area contributed by atoms with Crippen molar-refractivity contribution in [3.8, 4) is 0 Å². The van der Waals surface area contributed by atoms with E-state index in [2.05, 4.69) is 0 Å². The molecule has 1 heterocycles. The number of alkyl halides is 3. The summed E-state index contributed by atoms with van der Waals surface area (Å²) in [5, 5.41) is 0. The second-order valence-electron chi connectivity index (χ2n) is 8.64. The van der Waals surface area contributed by atoms with Gasteiger partial charge in [-0.15, -0.1) is 0 Å². The lowest BCUT2D eigenvalue weighted by molar-refractivity contribution is -0.137. The predicted octanol–water partition coefficient (Wildman–Crippen LogP) is 2.55. The lowest BCUT2D eigenvalue weighted by Crippen LogP contribution is -2.50. The summed E-state index contributed by atoms with van der Waals surface area (Å²) in [6.45, 7) is 4.17. The predicted molar refractivity (Wildman–Crippen MR) is 106 cm³/mol. The molecular weight excluding hydrogens is 419 g/mol. The van der Waals surface area contributed by atoms with E-state index in [0.717, 1.165) is 25.0 Å². The van der Waals surface area contributed by atoms with E-state index in [1.807, 2.05) is 13.8 Å². The van der Waals surface area contributed by atoms with Crippen LogP contribution in [0.2, 0.25) is 0 Å². The molecule has 6 nitrogen and oxygen atoms in total. The molecule has 2 N–H and O–H groups in total. The number of halogens is 3. The van der Waals surface area contributed by atoms with Crippen LogP contribution in [0.5, 0.6) is 0 Å². The Bertz CT molecular complexity index is 904. The number of hydrogen-bond donors (Lipinski definition) is 1. The van der Waals surface area contributed by atoms with Crippen LogP contribution in [0.3, 0.4) is 0 Å². The molecule has 1 amide bonds. The third-order valence-electron chi connectivity index (χ3n) is 6.43. The monoisotopic (exact) mass is 447 g/mol. The van der Waals surface area contributed by atoms with Crippen molar-refractivity contribution in [2.45, 2.75) is 49.8 Å². The average molecular weight is 448 g/mol. The van der Waals surface area contributed by atoms with Crippen LogP contribution in [0.1, 0.15) is 32.3 Å². The molecule has 2 fully saturated rings. The minimum absolute atomic E-state index is 0.0153. The third kappa shape index (κ3) is 4.22. The molecule has 1 saturated carbocycles. The van der Waals surface area contributed by atoms with Crippen molar-refractivity contribution < 1.29 is 26.4 Å². The number of carbonyl (C=O) groups excluding carboxylic acids is 1. The number of sulfonamides is 1. The van der Waals surface area contributed by atoms with Crippen LogP contribution >= 0.6 is 0 Å². The molecule has 30 heavy (non-hydrogen) atoms. The second-order valence-corrected chi connectivity index (χ2v) is 10.6. The molecule has 3 rings (SSSR count). The molecule has 0 unspecified atom stereocenters. The van der Waals surface area contributed by atoms with Gasteiger partial charge in [0.25, 0.3) is 0 Å². The van der Waals surface area contributed by atoms with Gasteiger partial charge in [0.2, 0.25) is 15.9 Å². The van der Waals surface area contributed by atoms with E-state index in [1.54, 1.807) is 11.9 Å². The SMILES string of the molecule is CC(C)[C@H](N)C(=O)N(C)[C@H]1CC[C@@H]2CN(S(=O)(=O)c3cccc(C(F)(F)F)c3)C[C@@H]21. The number of carbonyl (C=O) groups is 1. The summed E-state index contributed by atoms with van der Waals surface area (Å²) >= 11 is 0. The number of nitrogens with two attached hydrogens (primary N) is 1. The van der Waals surface area contributed by atoms with Gasteiger partial charge in [0.1, 0.15) is 0 Å². The van der Waals surface area contributed by atoms with Crippen molar-refractivity contribution in [1.29, 1.82) is 0 Å². The summed E-state index contributed by atoms with van der Waals surface area (Å²) in [6.07, 6.45) is -3.09. The zero-order valence-electron chi connectivity index (χ0n) is 17.3. The number of nitrogens with zero attached hydrogens (tertiary/aromatic N) is 2. The van der Waals surface area contributed by atoms with Gasteiger partial charge in [0, 0.05) is 26.2 Å². The maximum absolute atomic E-state index is 13.0. The maximum atomic E-state index is 13.0. The summed E-state index contributed by atoms with van der Waals surface area (Å²) < 4.78 is 66.3. The summed E-state index contributed by atoms with van der Waals surface area (Å²) in [6, 6.07) is 3.07. The number of amides is 1. The van der Waals surface area contributed by atoms with E-state index in [4.69, 9.17) is 5.73 Å². The highest BCUT2D eigenvalue weighted by Crippen LogP contribution is 2.42. The van der Waals surface area contributed by atoms with Crippen LogP contribution in [0.15, 0.2) is 29.2 Å². The van der Waals surface area contributed by atoms with Gasteiger partial charge in [-0.05, 0) is 48.8 Å². The summed E-state index contributed by atoms with van der Waals surface area (Å²) in [4.78, 5) is 13.9. The first-order chi connectivity index (χ1) is 13.8. The van der Waals surface area contributed by atoms with E-state index in [9.17, 15) is 26.4 Å². The number of hydrogen-bond acceptors (Lipinski definition) is 4. The van der Waals surface area contributed by atoms with Gasteiger partial charge in [-0.3, -0.25) is 4.79 Å². The van der Waals surface area contributed by atoms with Crippen molar-refractivity contribution in [2.24, 2.45) is 23.5 Å². The first-order valence-corrected chi connectivity index (χ1v) is 11.5. The smallest absolute Gasteiger partial charge is 0.341 e. The van der Waals surface area contributed by atoms with Crippen LogP contribution in [0.4, 0.5) is 13.2 Å². The van der Waals surface area contributed by atoms with E-state index in [0.29, 0.717) is 6.07 Å². The van der Waals surface area contributed by atoms with Gasteiger partial charge in [0.05, 0.1) is 16.5 Å². The zero-order valence-corrected chi connectivity index (χ0v) is 18.1. The molecular formula is C20H28F3N3O3S. The Kier molecular flexibility index (Phi) is 6.23. The van der Waals surface area contributed by atoms with E-state index in [-0.39, 0.29) is 47.7 Å². The number of rotatable bonds is 5. The summed E-state index contributed by atoms with van der Waals surface area (Å²) in [5.74, 6) is -0.173. The fraction of sp³-hybridized carbons (Fsp3) is 0.650. The van der Waals surface area contributed by atoms with Gasteiger partial charge < -0.3 is 10.6 Å². The first kappa shape index (κ1) is 23.0. The van der Waals surface area contributed by atoms with Crippen molar-refractivity contribution in [3.63, 3.8) is 0 Å². The van der Waals surface area contributed by atoms with E-state index < -0.39 is 27.8 Å². The zero-order chi connectivity index (χ0) is 22.4. The number of likely N-dealkylation sites (N-methyl/N-ethyl adjacent to an activating group) is 1. The van der Waals surface area contributed by atoms with Crippen LogP contribution in [-0.2, 0) is 21.0 Å². The van der Waals surface area contributed by atoms with Crippen molar-refractivity contribution >= 4 is 15.9 Å². The Balaban J connectivity index is 1.78. The van der Waals surface area contributed by atoms with Crippen LogP contribution in [0, 0.1) is 17.8 Å². The van der Waals surface area contributed by atoms with Crippen LogP contribution < -0.4 is 5.73 Å². The first-order valence-electron chi connectivity index (χ1n) is 10.0. The van der Waals surface area contributed by atoms with Crippen molar-refractivity contribution in [2.75, 3.05) is 20.1 Å². The normalized spacial score (nSPS) is 26.1. The molecule has 0 bridgehead atoms. The number of fused-ring (bicyclic) bond motifs is 1. The summed E-state index contributed by atoms with van der Waals surface area (Å²) in [7, 11) is -2.36. The lowest BCUT2D eigenvalue weighted by atomic mass is 9.96. The molecule has 0 aromatic heterocycles. The minimum Gasteiger partial charge on any atom is -0.341 e. The highest BCUT2D eigenvalue weighted by molar-refractivity contribution is 7.89. The largest absolute Gasteiger partial charge is 0.416 e. The standard InChI is InChI=1S/C20H28F3N3O3S/c1-12(2)18(24)19(27)25(3)17-8-7-13-10-26(11-16(13)17)30(28,29)15-6-4-5-14(9-15)20(21,22)23/h4-6,9,12-13,16-18H,7-8,10-11,24H2,1-3H3/t13-,16+,17+,18+/m1/s1. The number of benzene rings is 1. The quantitative estimate of drug-likeness (QED) is 0.752. The van der Waals surface area contributed by atoms with Crippen molar-refractivity contribution in [1.82, 2.24) is 9.21 Å². The molecule has 4 atom stereocenters. The Morgan fingerprint density at radius 2 is 1.90 bits per heavy atom. The Morgan fingerprint density at radius 1 is 1.23 bits per heavy atom. The fourth-order valence-electron chi connectivity index (χ4n) is 4.54. The molecule has 0 spiro atoms. The lowest BCUT2D eigenvalue weighted by Gasteiger charge is -2.32. The molecule has 0 radical (unpaired) electrons. The molecule has 2 aliphatic rings. The van der Waals surface area contributed by atoms with Gasteiger partial charge in [-0.1, -0.05) is 19.9 Å². The Morgan fingerprint density at radius 3 is 2.50 bits per heavy atom. The van der Waals surface area contributed by atoms with Gasteiger partial charge >= 0.3 is 6.18 Å². The third-order valence-corrected chi connectivity index (χ3v) is 8.26. The average Bonchev–Trinajstić information content (AvgIpc) is 3.26. The van der Waals surface area contributed by atoms with Crippen molar-refractivity contribution in [3.05, 3.63) is 29.8 Å². The van der Waals surface area contributed by atoms with Gasteiger partial charge in [-0.2, -0.15) is 17.5 Å². The second kappa shape index (κ2) is 8.12. The molecule has 10 heteroatoms. The Labute approximate surface area is 175 Å². The molecule has 1 saturated heterocycles. The topological polar surface area (TPSA) is 83.7 Å². The van der Waals surface area contributed by atoms with Crippen LogP contribution in [-0.4, -0.2) is 55.8 Å². The summed E-state index contributed by atoms with van der Waals surface area (Å²) in [5.41, 5.74) is 5.01. The van der Waals surface area contributed by atoms with E-state index >= 15 is 0 Å². The molecule has 168 valence electrons. The van der Waals surface area contributed by atoms with E-state index in [1.165, 1.54) is 10.4 Å². The molecule has 1 aromatic carbocycles. The molecule has 1 aliphatic heterocycles. The molecule has 1 aliphatic carbocycles. The van der Waals surface area contributed by atoms with Gasteiger partial charge in [0.15, 0.2) is 0 Å². The maximum Gasteiger partial charge on any atom is 0.416 e.